The highest BCUT2D eigenvalue weighted by Crippen LogP contribution is 2.17. The molecule has 0 aromatic carbocycles. The molecule has 1 heterocycles. The summed E-state index contributed by atoms with van der Waals surface area (Å²) in [5, 5.41) is 5.19. The first-order chi connectivity index (χ1) is 9.56. The Balaban J connectivity index is 2.21. The fourth-order valence-electron chi connectivity index (χ4n) is 2.19. The first kappa shape index (κ1) is 16.4. The van der Waals surface area contributed by atoms with Crippen molar-refractivity contribution >= 4 is 17.8 Å². The molecule has 0 atom stereocenters. The quantitative estimate of drug-likeness (QED) is 0.619. The number of hydrogen-bond donors (Lipinski definition) is 2. The zero-order valence-corrected chi connectivity index (χ0v) is 12.1. The van der Waals surface area contributed by atoms with E-state index in [4.69, 9.17) is 4.74 Å². The van der Waals surface area contributed by atoms with Crippen LogP contribution in [0.25, 0.3) is 0 Å². The summed E-state index contributed by atoms with van der Waals surface area (Å²) in [6.45, 7) is 4.02. The monoisotopic (exact) mass is 285 g/mol. The number of ether oxygens (including phenoxy) is 1. The van der Waals surface area contributed by atoms with Gasteiger partial charge in [0.1, 0.15) is 0 Å². The van der Waals surface area contributed by atoms with Crippen molar-refractivity contribution in [2.24, 2.45) is 5.92 Å². The molecular formula is C13H23N3O4. The lowest BCUT2D eigenvalue weighted by Crippen LogP contribution is -2.45. The van der Waals surface area contributed by atoms with Gasteiger partial charge in [0.05, 0.1) is 26.1 Å². The molecule has 0 unspecified atom stereocenters. The van der Waals surface area contributed by atoms with Crippen LogP contribution in [0.1, 0.15) is 19.8 Å². The van der Waals surface area contributed by atoms with E-state index in [0.717, 1.165) is 0 Å². The van der Waals surface area contributed by atoms with Crippen LogP contribution >= 0.6 is 0 Å². The molecule has 7 nitrogen and oxygen atoms in total. The highest BCUT2D eigenvalue weighted by atomic mass is 16.5. The lowest BCUT2D eigenvalue weighted by molar-refractivity contribution is -0.147. The average molecular weight is 285 g/mol. The van der Waals surface area contributed by atoms with Gasteiger partial charge >= 0.3 is 5.97 Å². The Morgan fingerprint density at radius 1 is 1.15 bits per heavy atom. The molecule has 0 aromatic heterocycles. The Morgan fingerprint density at radius 2 is 1.80 bits per heavy atom. The molecule has 0 aliphatic carbocycles. The molecule has 0 bridgehead atoms. The number of esters is 1. The van der Waals surface area contributed by atoms with Crippen molar-refractivity contribution in [1.29, 1.82) is 0 Å². The van der Waals surface area contributed by atoms with Gasteiger partial charge in [-0.25, -0.2) is 0 Å². The predicted molar refractivity (Wildman–Crippen MR) is 72.9 cm³/mol. The molecule has 0 spiro atoms. The van der Waals surface area contributed by atoms with Crippen molar-refractivity contribution in [3.05, 3.63) is 0 Å². The van der Waals surface area contributed by atoms with Crippen LogP contribution in [0.15, 0.2) is 0 Å². The summed E-state index contributed by atoms with van der Waals surface area (Å²) >= 11 is 0. The minimum atomic E-state index is -0.190. The van der Waals surface area contributed by atoms with E-state index >= 15 is 0 Å². The van der Waals surface area contributed by atoms with E-state index in [-0.39, 0.29) is 36.8 Å². The molecule has 2 N–H and O–H groups in total. The third kappa shape index (κ3) is 5.56. The number of likely N-dealkylation sites (tertiary alicyclic amines) is 1. The van der Waals surface area contributed by atoms with E-state index in [9.17, 15) is 14.4 Å². The smallest absolute Gasteiger partial charge is 0.308 e. The summed E-state index contributed by atoms with van der Waals surface area (Å²) in [4.78, 5) is 36.2. The van der Waals surface area contributed by atoms with E-state index in [1.54, 1.807) is 0 Å². The van der Waals surface area contributed by atoms with Crippen LogP contribution in [0.5, 0.6) is 0 Å². The van der Waals surface area contributed by atoms with Crippen LogP contribution in [-0.2, 0) is 19.1 Å². The maximum atomic E-state index is 11.7. The molecule has 1 rings (SSSR count). The summed E-state index contributed by atoms with van der Waals surface area (Å²) < 4.78 is 4.71. The highest BCUT2D eigenvalue weighted by Gasteiger charge is 2.26. The Labute approximate surface area is 119 Å². The molecular weight excluding hydrogens is 262 g/mol. The molecule has 1 fully saturated rings. The maximum Gasteiger partial charge on any atom is 0.308 e. The molecule has 1 saturated heterocycles. The average Bonchev–Trinajstić information content (AvgIpc) is 2.45. The van der Waals surface area contributed by atoms with Crippen molar-refractivity contribution in [3.8, 4) is 0 Å². The number of methoxy groups -OCH3 is 1. The second-order valence-corrected chi connectivity index (χ2v) is 4.80. The second kappa shape index (κ2) is 8.52. The van der Waals surface area contributed by atoms with Crippen molar-refractivity contribution in [2.45, 2.75) is 19.8 Å². The van der Waals surface area contributed by atoms with Gasteiger partial charge < -0.3 is 15.4 Å². The number of carbonyl (C=O) groups is 3. The van der Waals surface area contributed by atoms with Crippen LogP contribution in [0.4, 0.5) is 0 Å². The van der Waals surface area contributed by atoms with E-state index in [1.165, 1.54) is 7.11 Å². The van der Waals surface area contributed by atoms with Gasteiger partial charge in [0.25, 0.3) is 0 Å². The second-order valence-electron chi connectivity index (χ2n) is 4.80. The SMILES string of the molecule is CCNC(=O)CNC(=O)CN1CCC(C(=O)OC)CC1. The topological polar surface area (TPSA) is 87.7 Å². The fraction of sp³-hybridized carbons (Fsp3) is 0.769. The summed E-state index contributed by atoms with van der Waals surface area (Å²) in [6.07, 6.45) is 1.41. The molecule has 20 heavy (non-hydrogen) atoms. The van der Waals surface area contributed by atoms with Gasteiger partial charge in [0.2, 0.25) is 11.8 Å². The maximum absolute atomic E-state index is 11.7. The van der Waals surface area contributed by atoms with Gasteiger partial charge in [-0.2, -0.15) is 0 Å². The van der Waals surface area contributed by atoms with E-state index < -0.39 is 0 Å². The molecule has 2 amide bonds. The number of carbonyl (C=O) groups excluding carboxylic acids is 3. The van der Waals surface area contributed by atoms with Crippen molar-refractivity contribution in [1.82, 2.24) is 15.5 Å². The van der Waals surface area contributed by atoms with Crippen LogP contribution in [0, 0.1) is 5.92 Å². The number of rotatable bonds is 6. The minimum Gasteiger partial charge on any atom is -0.469 e. The number of amides is 2. The van der Waals surface area contributed by atoms with Crippen molar-refractivity contribution < 1.29 is 19.1 Å². The van der Waals surface area contributed by atoms with Crippen molar-refractivity contribution in [3.63, 3.8) is 0 Å². The molecule has 7 heteroatoms. The zero-order chi connectivity index (χ0) is 15.0. The fourth-order valence-corrected chi connectivity index (χ4v) is 2.19. The third-order valence-corrected chi connectivity index (χ3v) is 3.31. The molecule has 1 aliphatic heterocycles. The number of nitrogens with one attached hydrogen (secondary N) is 2. The number of nitrogens with zero attached hydrogens (tertiary/aromatic N) is 1. The molecule has 0 aromatic rings. The number of likely N-dealkylation sites (N-methyl/N-ethyl adjacent to an activating group) is 1. The largest absolute Gasteiger partial charge is 0.469 e. The Bertz CT molecular complexity index is 352. The van der Waals surface area contributed by atoms with Crippen LogP contribution in [0.3, 0.4) is 0 Å². The first-order valence-corrected chi connectivity index (χ1v) is 6.90. The van der Waals surface area contributed by atoms with Gasteiger partial charge in [0, 0.05) is 6.54 Å². The standard InChI is InChI=1S/C13H23N3O4/c1-3-14-11(17)8-15-12(18)9-16-6-4-10(5-7-16)13(19)20-2/h10H,3-9H2,1-2H3,(H,14,17)(H,15,18). The van der Waals surface area contributed by atoms with Gasteiger partial charge in [0.15, 0.2) is 0 Å². The molecule has 1 aliphatic rings. The predicted octanol–water partition coefficient (Wildman–Crippen LogP) is -0.876. The van der Waals surface area contributed by atoms with E-state index in [2.05, 4.69) is 10.6 Å². The number of hydrogen-bond acceptors (Lipinski definition) is 5. The molecule has 114 valence electrons. The van der Waals surface area contributed by atoms with E-state index in [0.29, 0.717) is 32.5 Å². The molecule has 0 saturated carbocycles. The van der Waals surface area contributed by atoms with Gasteiger partial charge in [-0.15, -0.1) is 0 Å². The van der Waals surface area contributed by atoms with Crippen LogP contribution < -0.4 is 10.6 Å². The van der Waals surface area contributed by atoms with Gasteiger partial charge in [-0.3, -0.25) is 19.3 Å². The first-order valence-electron chi connectivity index (χ1n) is 6.90. The Kier molecular flexibility index (Phi) is 7.00. The number of piperidine rings is 1. The normalized spacial score (nSPS) is 16.5. The van der Waals surface area contributed by atoms with Crippen LogP contribution in [-0.4, -0.2) is 62.5 Å². The zero-order valence-electron chi connectivity index (χ0n) is 12.1. The van der Waals surface area contributed by atoms with E-state index in [1.807, 2.05) is 11.8 Å². The highest BCUT2D eigenvalue weighted by molar-refractivity contribution is 5.85. The molecule has 0 radical (unpaired) electrons. The summed E-state index contributed by atoms with van der Waals surface area (Å²) in [6, 6.07) is 0. The summed E-state index contributed by atoms with van der Waals surface area (Å²) in [7, 11) is 1.39. The van der Waals surface area contributed by atoms with Gasteiger partial charge in [-0.05, 0) is 32.9 Å². The Morgan fingerprint density at radius 3 is 2.35 bits per heavy atom. The summed E-state index contributed by atoms with van der Waals surface area (Å²) in [5.41, 5.74) is 0. The lowest BCUT2D eigenvalue weighted by atomic mass is 9.97. The lowest BCUT2D eigenvalue weighted by Gasteiger charge is -2.29. The summed E-state index contributed by atoms with van der Waals surface area (Å²) in [5.74, 6) is -0.599. The minimum absolute atomic E-state index is 0.00526. The third-order valence-electron chi connectivity index (χ3n) is 3.31. The van der Waals surface area contributed by atoms with Crippen molar-refractivity contribution in [2.75, 3.05) is 39.8 Å². The van der Waals surface area contributed by atoms with Gasteiger partial charge in [-0.1, -0.05) is 0 Å². The van der Waals surface area contributed by atoms with Crippen LogP contribution in [0.2, 0.25) is 0 Å². The Hall–Kier alpha value is -1.63.